The summed E-state index contributed by atoms with van der Waals surface area (Å²) in [5.74, 6) is 0. The third-order valence-electron chi connectivity index (χ3n) is 3.74. The topological polar surface area (TPSA) is 42.7 Å². The van der Waals surface area contributed by atoms with Gasteiger partial charge in [-0.1, -0.05) is 20.8 Å². The molecule has 0 amide bonds. The lowest BCUT2D eigenvalue weighted by Crippen LogP contribution is -2.27. The summed E-state index contributed by atoms with van der Waals surface area (Å²) in [6.07, 6.45) is 4.69. The molecule has 0 saturated heterocycles. The zero-order valence-electron chi connectivity index (χ0n) is 13.5. The molecular weight excluding hydrogens is 280 g/mol. The van der Waals surface area contributed by atoms with Crippen molar-refractivity contribution >= 4 is 11.3 Å². The molecule has 2 aromatic heterocycles. The standard InChI is InChI=1S/C16H24N4S/c1-10-9-21-15(17-10)13(18-11-6-7-11)12-8-20(5)19-14(12)16(2,3)4/h8-9,11,13,18H,6-7H2,1-5H3. The number of aryl methyl sites for hydroxylation is 2. The summed E-state index contributed by atoms with van der Waals surface area (Å²) < 4.78 is 1.93. The van der Waals surface area contributed by atoms with Crippen LogP contribution in [0.25, 0.3) is 0 Å². The molecule has 114 valence electrons. The van der Waals surface area contributed by atoms with E-state index >= 15 is 0 Å². The van der Waals surface area contributed by atoms with Crippen LogP contribution >= 0.6 is 11.3 Å². The molecular formula is C16H24N4S. The van der Waals surface area contributed by atoms with Crippen LogP contribution in [-0.2, 0) is 12.5 Å². The van der Waals surface area contributed by atoms with E-state index in [-0.39, 0.29) is 11.5 Å². The summed E-state index contributed by atoms with van der Waals surface area (Å²) in [6, 6.07) is 0.798. The Bertz CT molecular complexity index is 631. The van der Waals surface area contributed by atoms with Crippen LogP contribution in [0.3, 0.4) is 0 Å². The highest BCUT2D eigenvalue weighted by Gasteiger charge is 2.33. The Morgan fingerprint density at radius 3 is 2.62 bits per heavy atom. The van der Waals surface area contributed by atoms with Gasteiger partial charge in [-0.25, -0.2) is 4.98 Å². The molecule has 1 unspecified atom stereocenters. The van der Waals surface area contributed by atoms with Crippen molar-refractivity contribution in [3.63, 3.8) is 0 Å². The minimum absolute atomic E-state index is 0.0341. The van der Waals surface area contributed by atoms with Gasteiger partial charge >= 0.3 is 0 Å². The van der Waals surface area contributed by atoms with Gasteiger partial charge in [0, 0.05) is 41.3 Å². The van der Waals surface area contributed by atoms with E-state index in [2.05, 4.69) is 44.6 Å². The normalized spacial score (nSPS) is 17.2. The Kier molecular flexibility index (Phi) is 3.66. The smallest absolute Gasteiger partial charge is 0.115 e. The van der Waals surface area contributed by atoms with E-state index in [1.807, 2.05) is 11.7 Å². The first-order chi connectivity index (χ1) is 9.84. The molecule has 0 bridgehead atoms. The highest BCUT2D eigenvalue weighted by molar-refractivity contribution is 7.09. The van der Waals surface area contributed by atoms with Crippen LogP contribution in [0.4, 0.5) is 0 Å². The highest BCUT2D eigenvalue weighted by atomic mass is 32.1. The quantitative estimate of drug-likeness (QED) is 0.942. The number of hydrogen-bond acceptors (Lipinski definition) is 4. The van der Waals surface area contributed by atoms with Crippen LogP contribution in [0.1, 0.15) is 61.6 Å². The first kappa shape index (κ1) is 14.7. The van der Waals surface area contributed by atoms with Crippen molar-refractivity contribution in [3.05, 3.63) is 33.5 Å². The third kappa shape index (κ3) is 3.19. The van der Waals surface area contributed by atoms with E-state index in [9.17, 15) is 0 Å². The van der Waals surface area contributed by atoms with Crippen molar-refractivity contribution in [1.82, 2.24) is 20.1 Å². The average molecular weight is 304 g/mol. The summed E-state index contributed by atoms with van der Waals surface area (Å²) in [5.41, 5.74) is 3.56. The van der Waals surface area contributed by atoms with Crippen LogP contribution in [0, 0.1) is 6.92 Å². The molecule has 4 nitrogen and oxygen atoms in total. The molecule has 0 spiro atoms. The van der Waals surface area contributed by atoms with Gasteiger partial charge in [-0.3, -0.25) is 4.68 Å². The van der Waals surface area contributed by atoms with Crippen LogP contribution in [-0.4, -0.2) is 20.8 Å². The van der Waals surface area contributed by atoms with Gasteiger partial charge in [0.15, 0.2) is 0 Å². The Morgan fingerprint density at radius 1 is 1.38 bits per heavy atom. The van der Waals surface area contributed by atoms with E-state index in [1.165, 1.54) is 18.4 Å². The zero-order valence-corrected chi connectivity index (χ0v) is 14.3. The van der Waals surface area contributed by atoms with Crippen molar-refractivity contribution in [2.45, 2.75) is 58.0 Å². The van der Waals surface area contributed by atoms with Gasteiger partial charge in [-0.2, -0.15) is 5.10 Å². The van der Waals surface area contributed by atoms with Gasteiger partial charge in [0.05, 0.1) is 11.7 Å². The summed E-state index contributed by atoms with van der Waals surface area (Å²) in [5, 5.41) is 11.8. The Morgan fingerprint density at radius 2 is 2.10 bits per heavy atom. The lowest BCUT2D eigenvalue weighted by molar-refractivity contribution is 0.529. The second-order valence-corrected chi connectivity index (χ2v) is 7.95. The zero-order chi connectivity index (χ0) is 15.2. The van der Waals surface area contributed by atoms with Crippen molar-refractivity contribution in [1.29, 1.82) is 0 Å². The third-order valence-corrected chi connectivity index (χ3v) is 4.77. The van der Waals surface area contributed by atoms with Crippen LogP contribution in [0.15, 0.2) is 11.6 Å². The fourth-order valence-corrected chi connectivity index (χ4v) is 3.46. The van der Waals surface area contributed by atoms with E-state index in [4.69, 9.17) is 10.1 Å². The second kappa shape index (κ2) is 5.21. The molecule has 21 heavy (non-hydrogen) atoms. The van der Waals surface area contributed by atoms with Gasteiger partial charge < -0.3 is 5.32 Å². The molecule has 1 aliphatic rings. The Labute approximate surface area is 130 Å². The van der Waals surface area contributed by atoms with Gasteiger partial charge in [0.25, 0.3) is 0 Å². The minimum atomic E-state index is 0.0341. The molecule has 1 aliphatic carbocycles. The molecule has 2 heterocycles. The minimum Gasteiger partial charge on any atom is -0.301 e. The molecule has 1 fully saturated rings. The van der Waals surface area contributed by atoms with E-state index in [1.54, 1.807) is 11.3 Å². The predicted molar refractivity (Wildman–Crippen MR) is 86.8 cm³/mol. The fraction of sp³-hybridized carbons (Fsp3) is 0.625. The highest BCUT2D eigenvalue weighted by Crippen LogP contribution is 2.35. The molecule has 1 N–H and O–H groups in total. The van der Waals surface area contributed by atoms with Gasteiger partial charge in [0.2, 0.25) is 0 Å². The first-order valence-electron chi connectivity index (χ1n) is 7.56. The summed E-state index contributed by atoms with van der Waals surface area (Å²) >= 11 is 1.74. The summed E-state index contributed by atoms with van der Waals surface area (Å²) in [7, 11) is 2.00. The lowest BCUT2D eigenvalue weighted by Gasteiger charge is -2.22. The van der Waals surface area contributed by atoms with Crippen molar-refractivity contribution in [3.8, 4) is 0 Å². The summed E-state index contributed by atoms with van der Waals surface area (Å²) in [4.78, 5) is 4.72. The fourth-order valence-electron chi connectivity index (χ4n) is 2.59. The average Bonchev–Trinajstić information content (AvgIpc) is 2.96. The number of rotatable bonds is 4. The van der Waals surface area contributed by atoms with Crippen molar-refractivity contribution < 1.29 is 0 Å². The molecule has 3 rings (SSSR count). The molecule has 1 atom stereocenters. The first-order valence-corrected chi connectivity index (χ1v) is 8.44. The monoisotopic (exact) mass is 304 g/mol. The van der Waals surface area contributed by atoms with Crippen LogP contribution in [0.2, 0.25) is 0 Å². The number of thiazole rings is 1. The maximum atomic E-state index is 4.72. The SMILES string of the molecule is Cc1csc(C(NC2CC2)c2cn(C)nc2C(C)(C)C)n1. The van der Waals surface area contributed by atoms with Crippen LogP contribution in [0.5, 0.6) is 0 Å². The van der Waals surface area contributed by atoms with Gasteiger partial charge in [-0.15, -0.1) is 11.3 Å². The van der Waals surface area contributed by atoms with E-state index < -0.39 is 0 Å². The second-order valence-electron chi connectivity index (χ2n) is 7.06. The lowest BCUT2D eigenvalue weighted by atomic mass is 9.87. The van der Waals surface area contributed by atoms with E-state index in [0.29, 0.717) is 6.04 Å². The van der Waals surface area contributed by atoms with Crippen molar-refractivity contribution in [2.24, 2.45) is 7.05 Å². The maximum absolute atomic E-state index is 4.72. The Balaban J connectivity index is 2.03. The summed E-state index contributed by atoms with van der Waals surface area (Å²) in [6.45, 7) is 8.72. The molecule has 2 aromatic rings. The van der Waals surface area contributed by atoms with Gasteiger partial charge in [0.1, 0.15) is 5.01 Å². The maximum Gasteiger partial charge on any atom is 0.115 e. The largest absolute Gasteiger partial charge is 0.301 e. The Hall–Kier alpha value is -1.20. The molecule has 5 heteroatoms. The molecule has 0 aliphatic heterocycles. The number of hydrogen-bond donors (Lipinski definition) is 1. The molecule has 0 aromatic carbocycles. The predicted octanol–water partition coefficient (Wildman–Crippen LogP) is 3.32. The molecule has 1 saturated carbocycles. The van der Waals surface area contributed by atoms with E-state index in [0.717, 1.165) is 16.4 Å². The van der Waals surface area contributed by atoms with Crippen LogP contribution < -0.4 is 5.32 Å². The number of nitrogens with one attached hydrogen (secondary N) is 1. The molecule has 0 radical (unpaired) electrons. The number of aromatic nitrogens is 3. The number of nitrogens with zero attached hydrogens (tertiary/aromatic N) is 3. The van der Waals surface area contributed by atoms with Gasteiger partial charge in [-0.05, 0) is 19.8 Å². The van der Waals surface area contributed by atoms with Crippen molar-refractivity contribution in [2.75, 3.05) is 0 Å².